The molecule has 1 atom stereocenters. The summed E-state index contributed by atoms with van der Waals surface area (Å²) in [7, 11) is 0. The van der Waals surface area contributed by atoms with E-state index < -0.39 is 11.9 Å². The molecule has 104 valence electrons. The van der Waals surface area contributed by atoms with Gasteiger partial charge in [0.1, 0.15) is 5.75 Å². The maximum Gasteiger partial charge on any atom is 0.308 e. The van der Waals surface area contributed by atoms with E-state index in [-0.39, 0.29) is 25.5 Å². The summed E-state index contributed by atoms with van der Waals surface area (Å²) in [4.78, 5) is 22.0. The van der Waals surface area contributed by atoms with Crippen LogP contribution in [0.5, 0.6) is 5.75 Å². The van der Waals surface area contributed by atoms with Crippen molar-refractivity contribution in [3.63, 3.8) is 0 Å². The first-order valence-corrected chi connectivity index (χ1v) is 6.66. The fourth-order valence-electron chi connectivity index (χ4n) is 1.26. The number of benzene rings is 1. The van der Waals surface area contributed by atoms with E-state index in [1.54, 1.807) is 13.0 Å². The van der Waals surface area contributed by atoms with Crippen LogP contribution >= 0.6 is 15.9 Å². The highest BCUT2D eigenvalue weighted by Crippen LogP contribution is 2.17. The van der Waals surface area contributed by atoms with E-state index in [9.17, 15) is 9.59 Å². The van der Waals surface area contributed by atoms with Gasteiger partial charge in [0, 0.05) is 11.0 Å². The van der Waals surface area contributed by atoms with Gasteiger partial charge in [-0.25, -0.2) is 0 Å². The lowest BCUT2D eigenvalue weighted by Crippen LogP contribution is -2.32. The van der Waals surface area contributed by atoms with Crippen LogP contribution < -0.4 is 10.1 Å². The van der Waals surface area contributed by atoms with Gasteiger partial charge in [0.05, 0.1) is 18.9 Å². The Kier molecular flexibility index (Phi) is 6.35. The summed E-state index contributed by atoms with van der Waals surface area (Å²) in [6.07, 6.45) is 0.193. The minimum absolute atomic E-state index is 0.130. The average molecular weight is 330 g/mol. The summed E-state index contributed by atoms with van der Waals surface area (Å²) in [6.45, 7) is 1.93. The monoisotopic (exact) mass is 329 g/mol. The Balaban J connectivity index is 2.22. The average Bonchev–Trinajstić information content (AvgIpc) is 2.36. The molecule has 0 saturated carbocycles. The second-order valence-electron chi connectivity index (χ2n) is 4.10. The minimum atomic E-state index is -0.925. The first kappa shape index (κ1) is 15.5. The molecule has 1 unspecified atom stereocenters. The van der Waals surface area contributed by atoms with Gasteiger partial charge in [-0.2, -0.15) is 0 Å². The molecule has 0 aliphatic carbocycles. The van der Waals surface area contributed by atoms with Crippen molar-refractivity contribution in [3.05, 3.63) is 28.7 Å². The number of nitrogens with one attached hydrogen (secondary N) is 1. The summed E-state index contributed by atoms with van der Waals surface area (Å²) in [5.74, 6) is -1.05. The van der Waals surface area contributed by atoms with Crippen LogP contribution in [0.4, 0.5) is 0 Å². The third-order valence-electron chi connectivity index (χ3n) is 2.42. The van der Waals surface area contributed by atoms with Gasteiger partial charge in [-0.15, -0.1) is 0 Å². The molecule has 19 heavy (non-hydrogen) atoms. The molecule has 0 aliphatic heterocycles. The predicted molar refractivity (Wildman–Crippen MR) is 74.1 cm³/mol. The highest BCUT2D eigenvalue weighted by molar-refractivity contribution is 9.10. The third-order valence-corrected chi connectivity index (χ3v) is 2.91. The van der Waals surface area contributed by atoms with Crippen molar-refractivity contribution in [1.82, 2.24) is 5.32 Å². The van der Waals surface area contributed by atoms with Crippen LogP contribution in [0.3, 0.4) is 0 Å². The Bertz CT molecular complexity index is 450. The van der Waals surface area contributed by atoms with Crippen LogP contribution in [0, 0.1) is 5.92 Å². The normalized spacial score (nSPS) is 11.7. The fourth-order valence-corrected chi connectivity index (χ4v) is 1.64. The molecular weight excluding hydrogens is 314 g/mol. The lowest BCUT2D eigenvalue weighted by atomic mass is 10.2. The van der Waals surface area contributed by atoms with Crippen molar-refractivity contribution >= 4 is 27.8 Å². The number of hydrogen-bond donors (Lipinski definition) is 2. The van der Waals surface area contributed by atoms with Crippen LogP contribution in [-0.4, -0.2) is 30.1 Å². The molecule has 2 N–H and O–H groups in total. The highest BCUT2D eigenvalue weighted by Gasteiger charge is 2.11. The molecule has 0 bridgehead atoms. The maximum atomic E-state index is 11.4. The number of carbonyl (C=O) groups is 2. The highest BCUT2D eigenvalue weighted by atomic mass is 79.9. The Hall–Kier alpha value is -1.56. The van der Waals surface area contributed by atoms with Crippen LogP contribution in [0.2, 0.25) is 0 Å². The van der Waals surface area contributed by atoms with Gasteiger partial charge in [-0.3, -0.25) is 9.59 Å². The van der Waals surface area contributed by atoms with E-state index in [0.29, 0.717) is 5.75 Å². The van der Waals surface area contributed by atoms with E-state index in [0.717, 1.165) is 4.47 Å². The second-order valence-corrected chi connectivity index (χ2v) is 5.01. The summed E-state index contributed by atoms with van der Waals surface area (Å²) >= 11 is 3.32. The molecule has 0 aromatic heterocycles. The Morgan fingerprint density at radius 1 is 1.47 bits per heavy atom. The quantitative estimate of drug-likeness (QED) is 0.802. The van der Waals surface area contributed by atoms with Gasteiger partial charge in [-0.1, -0.05) is 28.9 Å². The zero-order valence-electron chi connectivity index (χ0n) is 10.6. The number of hydrogen-bond acceptors (Lipinski definition) is 3. The van der Waals surface area contributed by atoms with Gasteiger partial charge in [0.2, 0.25) is 5.91 Å². The van der Waals surface area contributed by atoms with E-state index in [2.05, 4.69) is 21.2 Å². The number of aliphatic carboxylic acids is 1. The summed E-state index contributed by atoms with van der Waals surface area (Å²) in [5.41, 5.74) is 0. The van der Waals surface area contributed by atoms with Crippen LogP contribution in [0.1, 0.15) is 13.3 Å². The lowest BCUT2D eigenvalue weighted by molar-refractivity contribution is -0.141. The van der Waals surface area contributed by atoms with Crippen molar-refractivity contribution in [3.8, 4) is 5.75 Å². The van der Waals surface area contributed by atoms with Gasteiger partial charge in [-0.05, 0) is 18.2 Å². The number of carboxylic acid groups (broad SMARTS) is 1. The first-order valence-electron chi connectivity index (χ1n) is 5.87. The summed E-state index contributed by atoms with van der Waals surface area (Å²) in [6, 6.07) is 7.33. The van der Waals surface area contributed by atoms with Crippen LogP contribution in [-0.2, 0) is 9.59 Å². The van der Waals surface area contributed by atoms with E-state index >= 15 is 0 Å². The van der Waals surface area contributed by atoms with Gasteiger partial charge in [0.15, 0.2) is 0 Å². The van der Waals surface area contributed by atoms with Crippen molar-refractivity contribution in [2.45, 2.75) is 13.3 Å². The minimum Gasteiger partial charge on any atom is -0.493 e. The molecule has 0 spiro atoms. The van der Waals surface area contributed by atoms with Gasteiger partial charge < -0.3 is 15.2 Å². The number of rotatable bonds is 7. The Labute approximate surface area is 120 Å². The molecule has 1 rings (SSSR count). The number of halogens is 1. The lowest BCUT2D eigenvalue weighted by Gasteiger charge is -2.09. The van der Waals surface area contributed by atoms with Crippen molar-refractivity contribution in [2.75, 3.05) is 13.2 Å². The topological polar surface area (TPSA) is 75.6 Å². The van der Waals surface area contributed by atoms with E-state index in [1.807, 2.05) is 18.2 Å². The van der Waals surface area contributed by atoms with Crippen molar-refractivity contribution < 1.29 is 19.4 Å². The molecule has 0 radical (unpaired) electrons. The standard InChI is InChI=1S/C13H16BrNO4/c1-9(13(17)18)8-15-12(16)5-6-19-11-4-2-3-10(14)7-11/h2-4,7,9H,5-6,8H2,1H3,(H,15,16)(H,17,18). The smallest absolute Gasteiger partial charge is 0.308 e. The molecule has 1 aromatic rings. The fraction of sp³-hybridized carbons (Fsp3) is 0.385. The van der Waals surface area contributed by atoms with Crippen molar-refractivity contribution in [1.29, 1.82) is 0 Å². The zero-order valence-corrected chi connectivity index (χ0v) is 12.1. The van der Waals surface area contributed by atoms with Crippen LogP contribution in [0.25, 0.3) is 0 Å². The SMILES string of the molecule is CC(CNC(=O)CCOc1cccc(Br)c1)C(=O)O. The van der Waals surface area contributed by atoms with Gasteiger partial charge >= 0.3 is 5.97 Å². The van der Waals surface area contributed by atoms with E-state index in [1.165, 1.54) is 0 Å². The summed E-state index contributed by atoms with van der Waals surface area (Å²) < 4.78 is 6.31. The molecule has 0 aliphatic rings. The second kappa shape index (κ2) is 7.78. The molecule has 0 fully saturated rings. The number of ether oxygens (including phenoxy) is 1. The Morgan fingerprint density at radius 3 is 2.84 bits per heavy atom. The molecule has 5 nitrogen and oxygen atoms in total. The number of carboxylic acids is 1. The summed E-state index contributed by atoms with van der Waals surface area (Å²) in [5, 5.41) is 11.2. The van der Waals surface area contributed by atoms with Gasteiger partial charge in [0.25, 0.3) is 0 Å². The molecule has 0 heterocycles. The first-order chi connectivity index (χ1) is 8.99. The molecule has 0 saturated heterocycles. The number of carbonyl (C=O) groups excluding carboxylic acids is 1. The van der Waals surface area contributed by atoms with E-state index in [4.69, 9.17) is 9.84 Å². The largest absolute Gasteiger partial charge is 0.493 e. The molecule has 1 amide bonds. The molecular formula is C13H16BrNO4. The maximum absolute atomic E-state index is 11.4. The van der Waals surface area contributed by atoms with Crippen molar-refractivity contribution in [2.24, 2.45) is 5.92 Å². The number of amides is 1. The third kappa shape index (κ3) is 6.24. The van der Waals surface area contributed by atoms with Crippen LogP contribution in [0.15, 0.2) is 28.7 Å². The molecule has 1 aromatic carbocycles. The Morgan fingerprint density at radius 2 is 2.21 bits per heavy atom. The predicted octanol–water partition coefficient (Wildman–Crippen LogP) is 2.05. The zero-order chi connectivity index (χ0) is 14.3. The molecule has 6 heteroatoms.